The molecule has 1 saturated heterocycles. The number of fused-ring (bicyclic) bond motifs is 1. The van der Waals surface area contributed by atoms with Crippen LogP contribution >= 0.6 is 23.2 Å². The number of hydrogen-bond donors (Lipinski definition) is 2. The van der Waals surface area contributed by atoms with Crippen LogP contribution in [0.3, 0.4) is 0 Å². The molecule has 0 unspecified atom stereocenters. The molecule has 1 saturated carbocycles. The lowest BCUT2D eigenvalue weighted by molar-refractivity contribution is -0.149. The molecule has 3 heterocycles. The van der Waals surface area contributed by atoms with Gasteiger partial charge in [-0.15, -0.1) is 0 Å². The smallest absolute Gasteiger partial charge is 0.323 e. The number of nitrogens with one attached hydrogen (secondary N) is 1. The molecule has 2 aliphatic carbocycles. The molecular formula is C41H44Cl2N4O6. The van der Waals surface area contributed by atoms with E-state index in [1.807, 2.05) is 41.3 Å². The highest BCUT2D eigenvalue weighted by Gasteiger charge is 2.43. The molecule has 0 radical (unpaired) electrons. The van der Waals surface area contributed by atoms with E-state index in [0.29, 0.717) is 83.7 Å². The minimum atomic E-state index is -0.953. The molecule has 53 heavy (non-hydrogen) atoms. The Balaban J connectivity index is 1.10. The van der Waals surface area contributed by atoms with Gasteiger partial charge in [-0.2, -0.15) is 4.98 Å². The third-order valence-electron chi connectivity index (χ3n) is 11.1. The first kappa shape index (κ1) is 37.1. The van der Waals surface area contributed by atoms with Gasteiger partial charge in [0.05, 0.1) is 24.9 Å². The van der Waals surface area contributed by atoms with E-state index >= 15 is 0 Å². The minimum Gasteiger partial charge on any atom is -0.481 e. The van der Waals surface area contributed by atoms with E-state index in [0.717, 1.165) is 65.6 Å². The Morgan fingerprint density at radius 2 is 1.72 bits per heavy atom. The van der Waals surface area contributed by atoms with Gasteiger partial charge >= 0.3 is 5.97 Å². The van der Waals surface area contributed by atoms with E-state index in [-0.39, 0.29) is 12.0 Å². The number of ether oxygens (including phenoxy) is 3. The highest BCUT2D eigenvalue weighted by atomic mass is 35.5. The fourth-order valence-electron chi connectivity index (χ4n) is 8.06. The number of pyridine rings is 2. The van der Waals surface area contributed by atoms with E-state index in [4.69, 9.17) is 42.4 Å². The first-order valence-corrected chi connectivity index (χ1v) is 18.9. The Morgan fingerprint density at radius 1 is 0.962 bits per heavy atom. The summed E-state index contributed by atoms with van der Waals surface area (Å²) in [4.78, 5) is 35.1. The fraction of sp³-hybridized carbons (Fsp3) is 0.415. The number of carboxylic acid groups (broad SMARTS) is 1. The zero-order valence-corrected chi connectivity index (χ0v) is 31.7. The van der Waals surface area contributed by atoms with Gasteiger partial charge in [-0.3, -0.25) is 14.5 Å². The predicted octanol–water partition coefficient (Wildman–Crippen LogP) is 8.10. The molecule has 2 aromatic carbocycles. The second kappa shape index (κ2) is 15.6. The van der Waals surface area contributed by atoms with Gasteiger partial charge in [-0.25, -0.2) is 4.98 Å². The van der Waals surface area contributed by atoms with Gasteiger partial charge in [0.15, 0.2) is 0 Å². The van der Waals surface area contributed by atoms with E-state index in [1.165, 1.54) is 0 Å². The molecule has 2 fully saturated rings. The molecular weight excluding hydrogens is 715 g/mol. The molecule has 278 valence electrons. The molecule has 10 nitrogen and oxygen atoms in total. The lowest BCUT2D eigenvalue weighted by Crippen LogP contribution is -2.47. The molecule has 12 heteroatoms. The third-order valence-corrected chi connectivity index (χ3v) is 11.7. The second-order valence-corrected chi connectivity index (χ2v) is 15.2. The molecule has 0 spiro atoms. The third kappa shape index (κ3) is 7.47. The van der Waals surface area contributed by atoms with Crippen LogP contribution in [0.1, 0.15) is 73.8 Å². The maximum Gasteiger partial charge on any atom is 0.323 e. The van der Waals surface area contributed by atoms with Crippen LogP contribution in [-0.4, -0.2) is 64.6 Å². The summed E-state index contributed by atoms with van der Waals surface area (Å²) < 4.78 is 17.8. The first-order valence-electron chi connectivity index (χ1n) is 18.2. The van der Waals surface area contributed by atoms with Crippen molar-refractivity contribution < 1.29 is 28.9 Å². The van der Waals surface area contributed by atoms with E-state index < -0.39 is 11.5 Å². The van der Waals surface area contributed by atoms with Crippen LogP contribution in [0, 0.1) is 5.92 Å². The van der Waals surface area contributed by atoms with Gasteiger partial charge in [0.2, 0.25) is 17.6 Å². The van der Waals surface area contributed by atoms with Gasteiger partial charge < -0.3 is 24.6 Å². The Morgan fingerprint density at radius 3 is 2.47 bits per heavy atom. The summed E-state index contributed by atoms with van der Waals surface area (Å²) in [6.07, 6.45) is 4.87. The predicted molar refractivity (Wildman–Crippen MR) is 204 cm³/mol. The van der Waals surface area contributed by atoms with Gasteiger partial charge in [0.1, 0.15) is 22.4 Å². The maximum absolute atomic E-state index is 12.1. The Kier molecular flexibility index (Phi) is 10.9. The molecule has 4 aromatic rings. The number of Topliss-reactive ketones (excluding diaryl/α,β-unsaturated/α-hetero) is 1. The summed E-state index contributed by atoms with van der Waals surface area (Å²) in [6, 6.07) is 17.9. The number of likely N-dealkylation sites (tertiary alicyclic amines) is 1. The average Bonchev–Trinajstić information content (AvgIpc) is 3.88. The summed E-state index contributed by atoms with van der Waals surface area (Å²) in [5, 5.41) is 14.3. The highest BCUT2D eigenvalue weighted by Crippen LogP contribution is 2.45. The van der Waals surface area contributed by atoms with Crippen LogP contribution in [0.15, 0.2) is 54.6 Å². The molecule has 2 N–H and O–H groups in total. The number of nitrogens with zero attached hydrogens (tertiary/aromatic N) is 3. The van der Waals surface area contributed by atoms with Gasteiger partial charge in [0.25, 0.3) is 0 Å². The number of ketones is 1. The van der Waals surface area contributed by atoms with Crippen LogP contribution in [0.5, 0.6) is 17.6 Å². The van der Waals surface area contributed by atoms with Crippen molar-refractivity contribution in [3.05, 3.63) is 86.9 Å². The summed E-state index contributed by atoms with van der Waals surface area (Å²) in [6.45, 7) is 4.15. The van der Waals surface area contributed by atoms with Crippen LogP contribution in [0.25, 0.3) is 22.4 Å². The normalized spacial score (nSPS) is 21.2. The summed E-state index contributed by atoms with van der Waals surface area (Å²) in [5.41, 5.74) is 6.32. The monoisotopic (exact) mass is 758 g/mol. The van der Waals surface area contributed by atoms with E-state index in [2.05, 4.69) is 22.4 Å². The number of carbonyl (C=O) groups is 2. The average molecular weight is 760 g/mol. The van der Waals surface area contributed by atoms with E-state index in [9.17, 15) is 14.7 Å². The van der Waals surface area contributed by atoms with Crippen molar-refractivity contribution in [1.82, 2.24) is 20.2 Å². The number of methoxy groups -OCH3 is 2. The van der Waals surface area contributed by atoms with Crippen molar-refractivity contribution in [2.24, 2.45) is 5.92 Å². The Hall–Kier alpha value is -4.22. The topological polar surface area (TPSA) is 123 Å². The molecule has 0 bridgehead atoms. The number of carbonyl (C=O) groups excluding carboxylic acids is 1. The minimum absolute atomic E-state index is 0.269. The van der Waals surface area contributed by atoms with Crippen molar-refractivity contribution in [2.75, 3.05) is 27.3 Å². The number of aliphatic carboxylic acids is 1. The summed E-state index contributed by atoms with van der Waals surface area (Å²) >= 11 is 14.0. The highest BCUT2D eigenvalue weighted by molar-refractivity contribution is 6.36. The number of aromatic nitrogens is 2. The SMILES string of the molecule is COc1nc(-c2cccc(-c3cccc4c3CC[C@@H]4Oc3nc(OC)c(CN4CCC[C@@]4(C)C(=O)O)cc3Cl)c2Cl)ccc1CNC[C@@H]1CCC(=O)C1. The number of benzene rings is 2. The molecule has 1 aliphatic heterocycles. The second-order valence-electron chi connectivity index (χ2n) is 14.4. The molecule has 7 rings (SSSR count). The lowest BCUT2D eigenvalue weighted by atomic mass is 9.94. The largest absolute Gasteiger partial charge is 0.481 e. The maximum atomic E-state index is 12.1. The number of rotatable bonds is 13. The van der Waals surface area contributed by atoms with Crippen LogP contribution in [-0.2, 0) is 29.1 Å². The van der Waals surface area contributed by atoms with Crippen molar-refractivity contribution >= 4 is 35.0 Å². The molecule has 0 amide bonds. The van der Waals surface area contributed by atoms with Gasteiger partial charge in [0, 0.05) is 48.2 Å². The van der Waals surface area contributed by atoms with Crippen molar-refractivity contribution in [3.8, 4) is 40.0 Å². The van der Waals surface area contributed by atoms with Crippen LogP contribution < -0.4 is 19.5 Å². The lowest BCUT2D eigenvalue weighted by Gasteiger charge is -2.31. The van der Waals surface area contributed by atoms with Crippen molar-refractivity contribution in [1.29, 1.82) is 0 Å². The van der Waals surface area contributed by atoms with Gasteiger partial charge in [-0.1, -0.05) is 65.7 Å². The molecule has 3 atom stereocenters. The van der Waals surface area contributed by atoms with Crippen LogP contribution in [0.4, 0.5) is 0 Å². The quantitative estimate of drug-likeness (QED) is 0.138. The number of halogens is 2. The molecule has 3 aliphatic rings. The van der Waals surface area contributed by atoms with E-state index in [1.54, 1.807) is 27.2 Å². The molecule has 2 aromatic heterocycles. The fourth-order valence-corrected chi connectivity index (χ4v) is 8.60. The number of carboxylic acids is 1. The zero-order chi connectivity index (χ0) is 37.3. The van der Waals surface area contributed by atoms with Crippen molar-refractivity contribution in [2.45, 2.75) is 76.6 Å². The van der Waals surface area contributed by atoms with Gasteiger partial charge in [-0.05, 0) is 86.9 Å². The zero-order valence-electron chi connectivity index (χ0n) is 30.2. The summed E-state index contributed by atoms with van der Waals surface area (Å²) in [5.74, 6) is 1.05. The Bertz CT molecular complexity index is 2040. The first-order chi connectivity index (χ1) is 25.6. The standard InChI is InChI=1S/C41H44Cl2N4O6/c1-41(40(49)50)17-6-18-47(41)23-26-20-33(42)39(46-38(26)52-3)53-35-16-14-29-28(7-4-8-30(29)35)31-9-5-10-32(36(31)43)34-15-12-25(37(45-34)51-2)22-44-21-24-11-13-27(48)19-24/h4-5,7-10,12,15,20,24,35,44H,6,11,13-14,16-19,21-23H2,1-3H3,(H,49,50)/t24-,35+,41+/m1/s1. The summed E-state index contributed by atoms with van der Waals surface area (Å²) in [7, 11) is 3.16. The Labute approximate surface area is 319 Å². The van der Waals surface area contributed by atoms with Crippen molar-refractivity contribution in [3.63, 3.8) is 0 Å². The van der Waals surface area contributed by atoms with Crippen LogP contribution in [0.2, 0.25) is 10.0 Å². The number of hydrogen-bond acceptors (Lipinski definition) is 9.